The highest BCUT2D eigenvalue weighted by Gasteiger charge is 2.40. The van der Waals surface area contributed by atoms with Crippen LogP contribution in [-0.2, 0) is 6.42 Å². The van der Waals surface area contributed by atoms with E-state index in [0.29, 0.717) is 46.8 Å². The first-order valence-electron chi connectivity index (χ1n) is 13.3. The highest BCUT2D eigenvalue weighted by molar-refractivity contribution is 5.98. The quantitative estimate of drug-likeness (QED) is 0.511. The summed E-state index contributed by atoms with van der Waals surface area (Å²) in [6.07, 6.45) is 5.82. The minimum atomic E-state index is -0.872. The number of aromatic hydroxyl groups is 1. The standard InChI is InChI=1S/C28H35F2N5O/c1-32-17-4-2-3-9-35(14-17)28-21-13-33-27(25(30)26(21)31)20-11-18(36)10-16-7-8-22(29)19(24(16)20)12-23(34-28)15-5-6-15/h7-8,10-11,15,17,21,23,26,32-33,36H,2-6,9,12-14,31H2,1H3/t17?,21?,23-,26?/m0/s1. The Labute approximate surface area is 210 Å². The third kappa shape index (κ3) is 4.14. The largest absolute Gasteiger partial charge is 0.508 e. The van der Waals surface area contributed by atoms with Crippen molar-refractivity contribution in [2.24, 2.45) is 22.6 Å². The van der Waals surface area contributed by atoms with E-state index in [9.17, 15) is 5.11 Å². The molecule has 0 amide bonds. The Morgan fingerprint density at radius 2 is 2.00 bits per heavy atom. The smallest absolute Gasteiger partial charge is 0.141 e. The van der Waals surface area contributed by atoms with Crippen molar-refractivity contribution >= 4 is 22.3 Å². The summed E-state index contributed by atoms with van der Waals surface area (Å²) in [6.45, 7) is 2.09. The Hall–Kier alpha value is -2.71. The van der Waals surface area contributed by atoms with Crippen molar-refractivity contribution in [3.05, 3.63) is 47.0 Å². The number of phenolic OH excluding ortho intramolecular Hbond substituents is 1. The van der Waals surface area contributed by atoms with Gasteiger partial charge in [0.05, 0.1) is 23.7 Å². The Kier molecular flexibility index (Phi) is 6.12. The highest BCUT2D eigenvalue weighted by atomic mass is 19.1. The fourth-order valence-electron chi connectivity index (χ4n) is 6.31. The second-order valence-corrected chi connectivity index (χ2v) is 10.9. The molecule has 4 heterocycles. The molecular weight excluding hydrogens is 460 g/mol. The van der Waals surface area contributed by atoms with Crippen LogP contribution in [-0.4, -0.2) is 60.6 Å². The molecule has 192 valence electrons. The fraction of sp³-hybridized carbons (Fsp3) is 0.536. The summed E-state index contributed by atoms with van der Waals surface area (Å²) in [5, 5.41) is 18.5. The zero-order chi connectivity index (χ0) is 25.0. The second kappa shape index (κ2) is 9.30. The summed E-state index contributed by atoms with van der Waals surface area (Å²) < 4.78 is 31.5. The third-order valence-corrected chi connectivity index (χ3v) is 8.50. The van der Waals surface area contributed by atoms with E-state index in [1.807, 2.05) is 7.05 Å². The molecule has 3 unspecified atom stereocenters. The average Bonchev–Trinajstić information content (AvgIpc) is 3.72. The maximum Gasteiger partial charge on any atom is 0.141 e. The maximum atomic E-state index is 16.1. The highest BCUT2D eigenvalue weighted by Crippen LogP contribution is 2.42. The first-order valence-corrected chi connectivity index (χ1v) is 13.3. The summed E-state index contributed by atoms with van der Waals surface area (Å²) >= 11 is 0. The van der Waals surface area contributed by atoms with E-state index in [-0.39, 0.29) is 29.2 Å². The molecule has 7 rings (SSSR count). The van der Waals surface area contributed by atoms with Crippen molar-refractivity contribution in [1.29, 1.82) is 0 Å². The number of rotatable bonds is 2. The molecule has 1 saturated carbocycles. The van der Waals surface area contributed by atoms with Crippen LogP contribution in [0.5, 0.6) is 5.75 Å². The molecule has 6 nitrogen and oxygen atoms in total. The number of halogens is 2. The Morgan fingerprint density at radius 3 is 2.78 bits per heavy atom. The Balaban J connectivity index is 1.57. The normalized spacial score (nSPS) is 29.0. The van der Waals surface area contributed by atoms with E-state index in [1.54, 1.807) is 12.1 Å². The summed E-state index contributed by atoms with van der Waals surface area (Å²) in [5.41, 5.74) is 7.88. The van der Waals surface area contributed by atoms with Crippen LogP contribution in [0.4, 0.5) is 8.78 Å². The summed E-state index contributed by atoms with van der Waals surface area (Å²) in [4.78, 5) is 7.65. The molecular formula is C28H35F2N5O. The van der Waals surface area contributed by atoms with Crippen molar-refractivity contribution in [3.63, 3.8) is 0 Å². The van der Waals surface area contributed by atoms with Crippen LogP contribution in [0.1, 0.15) is 43.2 Å². The minimum Gasteiger partial charge on any atom is -0.508 e. The van der Waals surface area contributed by atoms with Gasteiger partial charge >= 0.3 is 0 Å². The average molecular weight is 496 g/mol. The Bertz CT molecular complexity index is 1240. The van der Waals surface area contributed by atoms with E-state index in [0.717, 1.165) is 51.0 Å². The number of likely N-dealkylation sites (N-methyl/N-ethyl adjacent to an activating group) is 1. The van der Waals surface area contributed by atoms with Gasteiger partial charge in [-0.25, -0.2) is 8.78 Å². The molecule has 0 spiro atoms. The molecule has 4 aliphatic heterocycles. The van der Waals surface area contributed by atoms with Crippen molar-refractivity contribution in [2.45, 2.75) is 56.7 Å². The molecule has 2 fully saturated rings. The van der Waals surface area contributed by atoms with Crippen LogP contribution in [0.25, 0.3) is 16.5 Å². The zero-order valence-corrected chi connectivity index (χ0v) is 20.7. The number of hydrogen-bond donors (Lipinski definition) is 4. The van der Waals surface area contributed by atoms with Gasteiger partial charge in [0, 0.05) is 31.2 Å². The number of hydrogen-bond acceptors (Lipinski definition) is 6. The molecule has 2 bridgehead atoms. The lowest BCUT2D eigenvalue weighted by atomic mass is 9.88. The van der Waals surface area contributed by atoms with E-state index in [1.165, 1.54) is 12.1 Å². The number of nitrogens with one attached hydrogen (secondary N) is 2. The number of benzene rings is 2. The van der Waals surface area contributed by atoms with Crippen molar-refractivity contribution < 1.29 is 13.9 Å². The van der Waals surface area contributed by atoms with Gasteiger partial charge in [0.1, 0.15) is 23.2 Å². The van der Waals surface area contributed by atoms with Gasteiger partial charge in [-0.05, 0) is 79.6 Å². The molecule has 4 atom stereocenters. The monoisotopic (exact) mass is 495 g/mol. The third-order valence-electron chi connectivity index (χ3n) is 8.50. The SMILES string of the molecule is CNC1CCCCN(C2=N[C@H](C3CC3)Cc3c(F)ccc4cc(O)cc(c34)C3=C(F)C(N)C2CN3)C1. The molecule has 0 aromatic heterocycles. The van der Waals surface area contributed by atoms with Crippen LogP contribution >= 0.6 is 0 Å². The lowest BCUT2D eigenvalue weighted by Gasteiger charge is -2.38. The number of phenols is 1. The molecule has 8 heteroatoms. The summed E-state index contributed by atoms with van der Waals surface area (Å²) in [5.74, 6) is 0.132. The first-order chi connectivity index (χ1) is 17.4. The number of aliphatic imine (C=N–C) groups is 1. The van der Waals surface area contributed by atoms with E-state index < -0.39 is 11.9 Å². The van der Waals surface area contributed by atoms with Gasteiger partial charge in [0.25, 0.3) is 0 Å². The topological polar surface area (TPSA) is 85.9 Å². The van der Waals surface area contributed by atoms with E-state index in [2.05, 4.69) is 15.5 Å². The van der Waals surface area contributed by atoms with E-state index >= 15 is 8.78 Å². The summed E-state index contributed by atoms with van der Waals surface area (Å²) in [6, 6.07) is 5.59. The van der Waals surface area contributed by atoms with Crippen LogP contribution in [0.15, 0.2) is 35.1 Å². The second-order valence-electron chi connectivity index (χ2n) is 10.9. The van der Waals surface area contributed by atoms with Crippen molar-refractivity contribution in [2.75, 3.05) is 26.7 Å². The lowest BCUT2D eigenvalue weighted by molar-refractivity contribution is 0.341. The Morgan fingerprint density at radius 1 is 1.17 bits per heavy atom. The van der Waals surface area contributed by atoms with Gasteiger partial charge in [0.15, 0.2) is 0 Å². The predicted molar refractivity (Wildman–Crippen MR) is 139 cm³/mol. The van der Waals surface area contributed by atoms with Gasteiger partial charge in [-0.15, -0.1) is 0 Å². The first kappa shape index (κ1) is 23.7. The molecule has 5 aliphatic rings. The molecule has 0 radical (unpaired) electrons. The molecule has 5 N–H and O–H groups in total. The predicted octanol–water partition coefficient (Wildman–Crippen LogP) is 3.68. The molecule has 2 aromatic rings. The lowest BCUT2D eigenvalue weighted by Crippen LogP contribution is -2.53. The maximum absolute atomic E-state index is 16.1. The number of nitrogens with two attached hydrogens (primary N) is 1. The molecule has 2 aromatic carbocycles. The number of nitrogens with zero attached hydrogens (tertiary/aromatic N) is 2. The molecule has 1 saturated heterocycles. The zero-order valence-electron chi connectivity index (χ0n) is 20.7. The number of amidine groups is 1. The van der Waals surface area contributed by atoms with Crippen LogP contribution < -0.4 is 16.4 Å². The molecule has 1 aliphatic carbocycles. The van der Waals surface area contributed by atoms with Gasteiger partial charge < -0.3 is 26.4 Å². The van der Waals surface area contributed by atoms with Crippen LogP contribution in [0.2, 0.25) is 0 Å². The van der Waals surface area contributed by atoms with Gasteiger partial charge in [-0.3, -0.25) is 4.99 Å². The van der Waals surface area contributed by atoms with Crippen molar-refractivity contribution in [3.8, 4) is 5.75 Å². The van der Waals surface area contributed by atoms with Gasteiger partial charge in [-0.1, -0.05) is 12.5 Å². The fourth-order valence-corrected chi connectivity index (χ4v) is 6.31. The summed E-state index contributed by atoms with van der Waals surface area (Å²) in [7, 11) is 1.99. The minimum absolute atomic E-state index is 0.0149. The van der Waals surface area contributed by atoms with Gasteiger partial charge in [0.2, 0.25) is 0 Å². The van der Waals surface area contributed by atoms with Gasteiger partial charge in [-0.2, -0.15) is 0 Å². The molecule has 36 heavy (non-hydrogen) atoms. The van der Waals surface area contributed by atoms with Crippen molar-refractivity contribution in [1.82, 2.24) is 15.5 Å². The van der Waals surface area contributed by atoms with Crippen LogP contribution in [0.3, 0.4) is 0 Å². The van der Waals surface area contributed by atoms with E-state index in [4.69, 9.17) is 10.7 Å². The number of fused-ring (bicyclic) bond motifs is 4. The number of likely N-dealkylation sites (tertiary alicyclic amines) is 1. The van der Waals surface area contributed by atoms with Crippen LogP contribution in [0, 0.1) is 17.7 Å².